The molecule has 0 fully saturated rings. The lowest BCUT2D eigenvalue weighted by Crippen LogP contribution is -2.01. The summed E-state index contributed by atoms with van der Waals surface area (Å²) in [5, 5.41) is 7.56. The first kappa shape index (κ1) is 11.1. The van der Waals surface area contributed by atoms with E-state index in [4.69, 9.17) is 4.74 Å². The van der Waals surface area contributed by atoms with Crippen LogP contribution in [-0.2, 0) is 4.74 Å². The van der Waals surface area contributed by atoms with Gasteiger partial charge in [-0.15, -0.1) is 5.10 Å². The first-order valence-electron chi connectivity index (χ1n) is 4.89. The molecule has 0 aliphatic carbocycles. The van der Waals surface area contributed by atoms with E-state index in [-0.39, 0.29) is 5.69 Å². The number of aromatic nitrogens is 3. The van der Waals surface area contributed by atoms with Gasteiger partial charge in [0.05, 0.1) is 26.1 Å². The number of hydrogen-bond acceptors (Lipinski definition) is 5. The maximum atomic E-state index is 11.2. The van der Waals surface area contributed by atoms with Crippen molar-refractivity contribution in [1.29, 1.82) is 0 Å². The molecule has 0 radical (unpaired) electrons. The van der Waals surface area contributed by atoms with Crippen LogP contribution in [0.3, 0.4) is 0 Å². The number of benzene rings is 1. The summed E-state index contributed by atoms with van der Waals surface area (Å²) >= 11 is 0. The third kappa shape index (κ3) is 2.25. The first-order chi connectivity index (χ1) is 8.24. The Morgan fingerprint density at radius 2 is 2.18 bits per heavy atom. The second-order valence-electron chi connectivity index (χ2n) is 3.24. The number of esters is 1. The van der Waals surface area contributed by atoms with Crippen LogP contribution in [0.5, 0.6) is 5.75 Å². The largest absolute Gasteiger partial charge is 0.497 e. The summed E-state index contributed by atoms with van der Waals surface area (Å²) in [6.07, 6.45) is 1.50. The lowest BCUT2D eigenvalue weighted by atomic mass is 10.3. The highest BCUT2D eigenvalue weighted by Crippen LogP contribution is 2.15. The van der Waals surface area contributed by atoms with Crippen LogP contribution in [0.2, 0.25) is 0 Å². The van der Waals surface area contributed by atoms with E-state index in [2.05, 4.69) is 15.0 Å². The van der Waals surface area contributed by atoms with Crippen molar-refractivity contribution in [3.05, 3.63) is 36.2 Å². The molecule has 0 bridgehead atoms. The van der Waals surface area contributed by atoms with Crippen molar-refractivity contribution in [2.24, 2.45) is 0 Å². The lowest BCUT2D eigenvalue weighted by Gasteiger charge is -2.02. The Morgan fingerprint density at radius 3 is 2.88 bits per heavy atom. The predicted molar refractivity (Wildman–Crippen MR) is 59.3 cm³/mol. The van der Waals surface area contributed by atoms with Crippen LogP contribution in [0.4, 0.5) is 0 Å². The van der Waals surface area contributed by atoms with E-state index in [1.807, 2.05) is 18.2 Å². The van der Waals surface area contributed by atoms with Gasteiger partial charge in [-0.3, -0.25) is 0 Å². The van der Waals surface area contributed by atoms with E-state index in [9.17, 15) is 4.79 Å². The molecule has 17 heavy (non-hydrogen) atoms. The van der Waals surface area contributed by atoms with Gasteiger partial charge in [0.15, 0.2) is 5.69 Å². The molecule has 1 heterocycles. The average Bonchev–Trinajstić information content (AvgIpc) is 2.87. The van der Waals surface area contributed by atoms with E-state index >= 15 is 0 Å². The molecule has 88 valence electrons. The summed E-state index contributed by atoms with van der Waals surface area (Å²) in [7, 11) is 2.88. The molecule has 1 aromatic heterocycles. The Balaban J connectivity index is 2.33. The van der Waals surface area contributed by atoms with Crippen LogP contribution in [0, 0.1) is 0 Å². The van der Waals surface area contributed by atoms with Crippen LogP contribution >= 0.6 is 0 Å². The molecule has 0 N–H and O–H groups in total. The Hall–Kier alpha value is -2.37. The molecular weight excluding hydrogens is 222 g/mol. The number of carbonyl (C=O) groups is 1. The fourth-order valence-electron chi connectivity index (χ4n) is 1.34. The molecule has 0 spiro atoms. The van der Waals surface area contributed by atoms with Crippen LogP contribution in [0.1, 0.15) is 10.5 Å². The summed E-state index contributed by atoms with van der Waals surface area (Å²) in [6.45, 7) is 0. The lowest BCUT2D eigenvalue weighted by molar-refractivity contribution is 0.0594. The van der Waals surface area contributed by atoms with Gasteiger partial charge in [0.1, 0.15) is 5.75 Å². The molecular formula is C11H11N3O3. The monoisotopic (exact) mass is 233 g/mol. The van der Waals surface area contributed by atoms with Gasteiger partial charge < -0.3 is 9.47 Å². The minimum absolute atomic E-state index is 0.162. The quantitative estimate of drug-likeness (QED) is 0.741. The molecule has 0 atom stereocenters. The van der Waals surface area contributed by atoms with Crippen molar-refractivity contribution in [2.45, 2.75) is 0 Å². The summed E-state index contributed by atoms with van der Waals surface area (Å²) in [6, 6.07) is 7.27. The SMILES string of the molecule is COC(=O)c1cn(-c2cccc(OC)c2)nn1. The third-order valence-electron chi connectivity index (χ3n) is 2.21. The van der Waals surface area contributed by atoms with Crippen LogP contribution < -0.4 is 4.74 Å². The van der Waals surface area contributed by atoms with Gasteiger partial charge in [0, 0.05) is 6.07 Å². The Bertz CT molecular complexity index is 536. The van der Waals surface area contributed by atoms with E-state index in [1.165, 1.54) is 18.0 Å². The maximum Gasteiger partial charge on any atom is 0.360 e. The standard InChI is InChI=1S/C11H11N3O3/c1-16-9-5-3-4-8(6-9)14-7-10(12-13-14)11(15)17-2/h3-7H,1-2H3. The Morgan fingerprint density at radius 1 is 1.35 bits per heavy atom. The van der Waals surface area contributed by atoms with E-state index in [0.717, 1.165) is 5.69 Å². The second kappa shape index (κ2) is 4.65. The molecule has 6 nitrogen and oxygen atoms in total. The predicted octanol–water partition coefficient (Wildman–Crippen LogP) is 1.06. The van der Waals surface area contributed by atoms with Gasteiger partial charge in [0.2, 0.25) is 0 Å². The highest BCUT2D eigenvalue weighted by Gasteiger charge is 2.11. The van der Waals surface area contributed by atoms with Crippen molar-refractivity contribution in [3.8, 4) is 11.4 Å². The normalized spacial score (nSPS) is 10.0. The highest BCUT2D eigenvalue weighted by atomic mass is 16.5. The van der Waals surface area contributed by atoms with Gasteiger partial charge in [-0.2, -0.15) is 0 Å². The van der Waals surface area contributed by atoms with Crippen molar-refractivity contribution in [3.63, 3.8) is 0 Å². The van der Waals surface area contributed by atoms with Crippen molar-refractivity contribution >= 4 is 5.97 Å². The fourth-order valence-corrected chi connectivity index (χ4v) is 1.34. The highest BCUT2D eigenvalue weighted by molar-refractivity contribution is 5.86. The first-order valence-corrected chi connectivity index (χ1v) is 4.89. The maximum absolute atomic E-state index is 11.2. The average molecular weight is 233 g/mol. The van der Waals surface area contributed by atoms with Crippen molar-refractivity contribution < 1.29 is 14.3 Å². The van der Waals surface area contributed by atoms with Crippen molar-refractivity contribution in [1.82, 2.24) is 15.0 Å². The number of carbonyl (C=O) groups excluding carboxylic acids is 1. The minimum atomic E-state index is -0.515. The number of rotatable bonds is 3. The van der Waals surface area contributed by atoms with Gasteiger partial charge in [-0.25, -0.2) is 9.48 Å². The molecule has 2 aromatic rings. The fraction of sp³-hybridized carbons (Fsp3) is 0.182. The van der Waals surface area contributed by atoms with Gasteiger partial charge >= 0.3 is 5.97 Å². The number of hydrogen-bond donors (Lipinski definition) is 0. The number of methoxy groups -OCH3 is 2. The second-order valence-corrected chi connectivity index (χ2v) is 3.24. The summed E-state index contributed by atoms with van der Waals surface area (Å²) < 4.78 is 11.1. The molecule has 0 unspecified atom stereocenters. The van der Waals surface area contributed by atoms with E-state index in [0.29, 0.717) is 5.75 Å². The molecule has 2 rings (SSSR count). The third-order valence-corrected chi connectivity index (χ3v) is 2.21. The molecule has 0 saturated heterocycles. The van der Waals surface area contributed by atoms with E-state index in [1.54, 1.807) is 13.2 Å². The minimum Gasteiger partial charge on any atom is -0.497 e. The zero-order valence-electron chi connectivity index (χ0n) is 9.45. The zero-order chi connectivity index (χ0) is 12.3. The summed E-state index contributed by atoms with van der Waals surface area (Å²) in [5.41, 5.74) is 0.919. The summed E-state index contributed by atoms with van der Waals surface area (Å²) in [4.78, 5) is 11.2. The van der Waals surface area contributed by atoms with Gasteiger partial charge in [0.25, 0.3) is 0 Å². The van der Waals surface area contributed by atoms with Gasteiger partial charge in [-0.05, 0) is 12.1 Å². The molecule has 6 heteroatoms. The summed E-state index contributed by atoms with van der Waals surface area (Å²) in [5.74, 6) is 0.191. The molecule has 1 aromatic carbocycles. The molecule has 0 aliphatic heterocycles. The molecule has 0 aliphatic rings. The van der Waals surface area contributed by atoms with Crippen molar-refractivity contribution in [2.75, 3.05) is 14.2 Å². The Labute approximate surface area is 97.8 Å². The number of nitrogens with zero attached hydrogens (tertiary/aromatic N) is 3. The van der Waals surface area contributed by atoms with Gasteiger partial charge in [-0.1, -0.05) is 11.3 Å². The van der Waals surface area contributed by atoms with E-state index < -0.39 is 5.97 Å². The van der Waals surface area contributed by atoms with Crippen LogP contribution in [-0.4, -0.2) is 35.2 Å². The zero-order valence-corrected chi connectivity index (χ0v) is 9.45. The Kier molecular flexibility index (Phi) is 3.04. The van der Waals surface area contributed by atoms with Crippen LogP contribution in [0.25, 0.3) is 5.69 Å². The number of ether oxygens (including phenoxy) is 2. The molecule has 0 saturated carbocycles. The topological polar surface area (TPSA) is 66.2 Å². The van der Waals surface area contributed by atoms with Crippen LogP contribution in [0.15, 0.2) is 30.5 Å². The molecule has 0 amide bonds. The smallest absolute Gasteiger partial charge is 0.360 e.